The second kappa shape index (κ2) is 6.31. The van der Waals surface area contributed by atoms with Crippen molar-refractivity contribution >= 4 is 5.65 Å². The summed E-state index contributed by atoms with van der Waals surface area (Å²) in [4.78, 5) is 15.8. The molecule has 1 aliphatic carbocycles. The van der Waals surface area contributed by atoms with Crippen molar-refractivity contribution in [3.8, 4) is 11.5 Å². The molecule has 2 atom stereocenters. The van der Waals surface area contributed by atoms with E-state index in [2.05, 4.69) is 15.2 Å². The number of hydrogen-bond donors (Lipinski definition) is 2. The molecule has 0 spiro atoms. The molecule has 0 radical (unpaired) electrons. The van der Waals surface area contributed by atoms with E-state index in [1.54, 1.807) is 18.3 Å². The molecule has 0 fully saturated rings. The molecular formula is C19H14F3N5O2. The molecule has 0 aliphatic heterocycles. The van der Waals surface area contributed by atoms with Crippen molar-refractivity contribution in [3.05, 3.63) is 75.4 Å². The number of aromatic nitrogens is 4. The van der Waals surface area contributed by atoms with Crippen LogP contribution < -0.4 is 11.5 Å². The van der Waals surface area contributed by atoms with Crippen LogP contribution in [0.15, 0.2) is 39.7 Å². The van der Waals surface area contributed by atoms with E-state index >= 15 is 0 Å². The van der Waals surface area contributed by atoms with Gasteiger partial charge in [0.1, 0.15) is 11.5 Å². The molecule has 0 saturated heterocycles. The Hall–Kier alpha value is -3.40. The second-order valence-corrected chi connectivity index (χ2v) is 7.03. The van der Waals surface area contributed by atoms with Gasteiger partial charge in [0, 0.05) is 41.9 Å². The predicted molar refractivity (Wildman–Crippen MR) is 95.8 cm³/mol. The predicted octanol–water partition coefficient (Wildman–Crippen LogP) is 2.30. The lowest BCUT2D eigenvalue weighted by Crippen LogP contribution is -2.37. The van der Waals surface area contributed by atoms with Crippen LogP contribution in [0.4, 0.5) is 13.2 Å². The minimum atomic E-state index is -1.23. The molecule has 7 nitrogen and oxygen atoms in total. The van der Waals surface area contributed by atoms with E-state index in [4.69, 9.17) is 10.2 Å². The minimum Gasteiger partial charge on any atom is -0.388 e. The van der Waals surface area contributed by atoms with E-state index < -0.39 is 35.2 Å². The zero-order valence-electron chi connectivity index (χ0n) is 14.8. The molecule has 29 heavy (non-hydrogen) atoms. The molecule has 0 unspecified atom stereocenters. The fourth-order valence-corrected chi connectivity index (χ4v) is 3.90. The highest BCUT2D eigenvalue weighted by Gasteiger charge is 2.33. The lowest BCUT2D eigenvalue weighted by molar-refractivity contribution is 0.446. The number of fused-ring (bicyclic) bond motifs is 3. The summed E-state index contributed by atoms with van der Waals surface area (Å²) < 4.78 is 48.0. The van der Waals surface area contributed by atoms with Crippen LogP contribution in [0.2, 0.25) is 0 Å². The van der Waals surface area contributed by atoms with Gasteiger partial charge in [0.15, 0.2) is 11.6 Å². The van der Waals surface area contributed by atoms with Crippen LogP contribution >= 0.6 is 0 Å². The van der Waals surface area contributed by atoms with E-state index in [9.17, 15) is 18.0 Å². The Morgan fingerprint density at radius 1 is 1.14 bits per heavy atom. The highest BCUT2D eigenvalue weighted by Crippen LogP contribution is 2.34. The number of hydrogen-bond acceptors (Lipinski definition) is 5. The van der Waals surface area contributed by atoms with Gasteiger partial charge in [-0.15, -0.1) is 5.10 Å². The van der Waals surface area contributed by atoms with Gasteiger partial charge in [-0.2, -0.15) is 0 Å². The van der Waals surface area contributed by atoms with Crippen molar-refractivity contribution in [3.63, 3.8) is 0 Å². The molecule has 1 aromatic carbocycles. The van der Waals surface area contributed by atoms with Gasteiger partial charge in [-0.3, -0.25) is 0 Å². The first-order valence-corrected chi connectivity index (χ1v) is 8.86. The van der Waals surface area contributed by atoms with Gasteiger partial charge in [0.25, 0.3) is 0 Å². The molecule has 4 aromatic rings. The van der Waals surface area contributed by atoms with E-state index in [1.165, 1.54) is 0 Å². The largest absolute Gasteiger partial charge is 0.434 e. The molecule has 3 heterocycles. The number of imidazole rings is 1. The number of halogens is 3. The Kier molecular flexibility index (Phi) is 3.85. The van der Waals surface area contributed by atoms with Gasteiger partial charge in [0.2, 0.25) is 5.89 Å². The number of aromatic amines is 1. The lowest BCUT2D eigenvalue weighted by Gasteiger charge is -2.29. The Bertz CT molecular complexity index is 1310. The Morgan fingerprint density at radius 3 is 2.69 bits per heavy atom. The summed E-state index contributed by atoms with van der Waals surface area (Å²) in [5, 5.41) is 5.99. The van der Waals surface area contributed by atoms with E-state index in [1.807, 2.05) is 4.40 Å². The van der Waals surface area contributed by atoms with Crippen LogP contribution in [0.1, 0.15) is 22.9 Å². The Morgan fingerprint density at radius 2 is 1.93 bits per heavy atom. The molecule has 10 heteroatoms. The lowest BCUT2D eigenvalue weighted by atomic mass is 9.80. The van der Waals surface area contributed by atoms with Gasteiger partial charge < -0.3 is 14.6 Å². The zero-order chi connectivity index (χ0) is 20.3. The van der Waals surface area contributed by atoms with Crippen LogP contribution in [0.3, 0.4) is 0 Å². The maximum absolute atomic E-state index is 14.3. The minimum absolute atomic E-state index is 0.0399. The number of H-pyrrole nitrogens is 1. The van der Waals surface area contributed by atoms with E-state index in [0.29, 0.717) is 29.4 Å². The van der Waals surface area contributed by atoms with Gasteiger partial charge >= 0.3 is 5.76 Å². The third kappa shape index (κ3) is 2.83. The third-order valence-electron chi connectivity index (χ3n) is 5.29. The zero-order valence-corrected chi connectivity index (χ0v) is 14.8. The van der Waals surface area contributed by atoms with Crippen molar-refractivity contribution in [1.82, 2.24) is 19.6 Å². The maximum Gasteiger partial charge on any atom is 0.434 e. The molecule has 0 saturated carbocycles. The smallest absolute Gasteiger partial charge is 0.388 e. The molecule has 0 bridgehead atoms. The number of nitrogens with one attached hydrogen (secondary N) is 1. The van der Waals surface area contributed by atoms with Crippen LogP contribution in [0.25, 0.3) is 17.1 Å². The highest BCUT2D eigenvalue weighted by atomic mass is 19.2. The second-order valence-electron chi connectivity index (χ2n) is 7.03. The van der Waals surface area contributed by atoms with Crippen LogP contribution in [0, 0.1) is 17.5 Å². The number of pyridine rings is 1. The quantitative estimate of drug-likeness (QED) is 0.502. The average Bonchev–Trinajstić information content (AvgIpc) is 3.27. The highest BCUT2D eigenvalue weighted by molar-refractivity contribution is 5.60. The number of nitrogens with two attached hydrogens (primary N) is 1. The summed E-state index contributed by atoms with van der Waals surface area (Å²) in [6, 6.07) is 4.34. The standard InChI is InChI=1S/C19H14F3N5O2/c20-11-6-13(22)12(21)4-9(11)10-5-15-16(7-14(10)23)27-2-1-8(3-17(27)24-15)18-25-26-19(28)29-18/h1-4,6,10,14H,5,7,23H2,(H,26,28)/t10-,14+/m1/s1. The normalized spacial score (nSPS) is 18.9. The van der Waals surface area contributed by atoms with Gasteiger partial charge in [-0.1, -0.05) is 0 Å². The molecule has 0 amide bonds. The van der Waals surface area contributed by atoms with Crippen LogP contribution in [-0.2, 0) is 12.8 Å². The summed E-state index contributed by atoms with van der Waals surface area (Å²) in [5.74, 6) is -4.23. The van der Waals surface area contributed by atoms with Crippen molar-refractivity contribution in [1.29, 1.82) is 0 Å². The summed E-state index contributed by atoms with van der Waals surface area (Å²) >= 11 is 0. The molecule has 148 valence electrons. The van der Waals surface area contributed by atoms with Crippen LogP contribution in [-0.4, -0.2) is 25.6 Å². The Labute approximate surface area is 161 Å². The SMILES string of the molecule is N[C@H]1Cc2c(nc3cc(-c4n[nH]c(=O)o4)ccn23)C[C@@H]1c1cc(F)c(F)cc1F. The third-order valence-corrected chi connectivity index (χ3v) is 5.29. The first-order chi connectivity index (χ1) is 13.9. The number of benzene rings is 1. The van der Waals surface area contributed by atoms with Crippen LogP contribution in [0.5, 0.6) is 0 Å². The maximum atomic E-state index is 14.3. The molecule has 1 aliphatic rings. The van der Waals surface area contributed by atoms with E-state index in [-0.39, 0.29) is 17.9 Å². The average molecular weight is 401 g/mol. The van der Waals surface area contributed by atoms with Crippen molar-refractivity contribution in [2.45, 2.75) is 24.8 Å². The summed E-state index contributed by atoms with van der Waals surface area (Å²) in [6.45, 7) is 0. The molecular weight excluding hydrogens is 387 g/mol. The Balaban J connectivity index is 1.56. The monoisotopic (exact) mass is 401 g/mol. The fraction of sp³-hybridized carbons (Fsp3) is 0.211. The first kappa shape index (κ1) is 17.7. The summed E-state index contributed by atoms with van der Waals surface area (Å²) in [7, 11) is 0. The summed E-state index contributed by atoms with van der Waals surface area (Å²) in [5.41, 5.74) is 9.01. The van der Waals surface area contributed by atoms with Gasteiger partial charge in [-0.05, 0) is 30.2 Å². The molecule has 3 N–H and O–H groups in total. The number of rotatable bonds is 2. The van der Waals surface area contributed by atoms with E-state index in [0.717, 1.165) is 11.8 Å². The topological polar surface area (TPSA) is 102 Å². The van der Waals surface area contributed by atoms with Crippen molar-refractivity contribution in [2.75, 3.05) is 0 Å². The molecule has 3 aromatic heterocycles. The molecule has 5 rings (SSSR count). The van der Waals surface area contributed by atoms with Gasteiger partial charge in [0.05, 0.1) is 5.69 Å². The first-order valence-electron chi connectivity index (χ1n) is 8.86. The number of nitrogens with zero attached hydrogens (tertiary/aromatic N) is 3. The van der Waals surface area contributed by atoms with Crippen molar-refractivity contribution in [2.24, 2.45) is 5.73 Å². The van der Waals surface area contributed by atoms with Gasteiger partial charge in [-0.25, -0.2) is 28.0 Å². The summed E-state index contributed by atoms with van der Waals surface area (Å²) in [6.07, 6.45) is 2.43. The van der Waals surface area contributed by atoms with Crippen molar-refractivity contribution < 1.29 is 17.6 Å². The fourth-order valence-electron chi connectivity index (χ4n) is 3.90.